The molecule has 0 rings (SSSR count). The van der Waals surface area contributed by atoms with Crippen LogP contribution >= 0.6 is 11.8 Å². The summed E-state index contributed by atoms with van der Waals surface area (Å²) in [6.07, 6.45) is 1.69. The Morgan fingerprint density at radius 2 is 2.50 bits per heavy atom. The van der Waals surface area contributed by atoms with Crippen molar-refractivity contribution in [1.29, 1.82) is 0 Å². The highest BCUT2D eigenvalue weighted by molar-refractivity contribution is 7.99. The Balaban J connectivity index is 3.12. The first-order valence-electron chi connectivity index (χ1n) is 3.13. The van der Waals surface area contributed by atoms with Gasteiger partial charge in [-0.05, 0) is 5.75 Å². The molecule has 1 N–H and O–H groups in total. The lowest BCUT2D eigenvalue weighted by Gasteiger charge is -1.90. The van der Waals surface area contributed by atoms with Crippen molar-refractivity contribution in [2.75, 3.05) is 11.5 Å². The lowest BCUT2D eigenvalue weighted by Crippen LogP contribution is -2.12. The van der Waals surface area contributed by atoms with Crippen LogP contribution in [0.15, 0.2) is 5.10 Å². The molecule has 0 aromatic carbocycles. The second-order valence-electron chi connectivity index (χ2n) is 1.64. The van der Waals surface area contributed by atoms with E-state index < -0.39 is 0 Å². The van der Waals surface area contributed by atoms with Gasteiger partial charge in [-0.25, -0.2) is 5.43 Å². The minimum Gasteiger partial charge on any atom is -0.274 e. The maximum absolute atomic E-state index is 10.2. The van der Waals surface area contributed by atoms with Crippen molar-refractivity contribution in [1.82, 2.24) is 5.43 Å². The van der Waals surface area contributed by atoms with E-state index in [1.807, 2.05) is 0 Å². The highest BCUT2D eigenvalue weighted by atomic mass is 32.2. The molecule has 0 saturated heterocycles. The van der Waals surface area contributed by atoms with Gasteiger partial charge in [0, 0.05) is 18.9 Å². The van der Waals surface area contributed by atoms with Crippen LogP contribution in [-0.2, 0) is 4.79 Å². The zero-order valence-corrected chi connectivity index (χ0v) is 7.07. The van der Waals surface area contributed by atoms with Gasteiger partial charge in [0.05, 0.1) is 0 Å². The molecule has 4 heteroatoms. The number of amides is 1. The molecule has 0 atom stereocenters. The molecule has 0 saturated carbocycles. The SMILES string of the molecule is CCSC/C=N/NC(C)=O. The van der Waals surface area contributed by atoms with Crippen molar-refractivity contribution in [2.45, 2.75) is 13.8 Å². The van der Waals surface area contributed by atoms with Crippen molar-refractivity contribution in [3.8, 4) is 0 Å². The van der Waals surface area contributed by atoms with Gasteiger partial charge in [-0.2, -0.15) is 16.9 Å². The first kappa shape index (κ1) is 9.49. The van der Waals surface area contributed by atoms with E-state index in [9.17, 15) is 4.79 Å². The Hall–Kier alpha value is -0.510. The highest BCUT2D eigenvalue weighted by Crippen LogP contribution is 1.93. The number of carbonyl (C=O) groups excluding carboxylic acids is 1. The van der Waals surface area contributed by atoms with Crippen LogP contribution < -0.4 is 5.43 Å². The smallest absolute Gasteiger partial charge is 0.236 e. The fourth-order valence-electron chi connectivity index (χ4n) is 0.344. The second kappa shape index (κ2) is 6.61. The molecule has 0 aromatic heterocycles. The van der Waals surface area contributed by atoms with E-state index in [1.165, 1.54) is 6.92 Å². The van der Waals surface area contributed by atoms with Crippen LogP contribution in [0.1, 0.15) is 13.8 Å². The minimum atomic E-state index is -0.127. The van der Waals surface area contributed by atoms with E-state index in [0.29, 0.717) is 0 Å². The first-order chi connectivity index (χ1) is 4.77. The van der Waals surface area contributed by atoms with Crippen LogP contribution in [0.4, 0.5) is 0 Å². The molecule has 0 aliphatic heterocycles. The molecule has 0 radical (unpaired) electrons. The van der Waals surface area contributed by atoms with E-state index in [4.69, 9.17) is 0 Å². The second-order valence-corrected chi connectivity index (χ2v) is 2.96. The van der Waals surface area contributed by atoms with Crippen LogP contribution in [-0.4, -0.2) is 23.6 Å². The molecule has 1 amide bonds. The number of hydrazone groups is 1. The molecule has 0 bridgehead atoms. The molecule has 0 aliphatic carbocycles. The summed E-state index contributed by atoms with van der Waals surface area (Å²) in [5, 5.41) is 3.66. The molecule has 0 spiro atoms. The predicted octanol–water partition coefficient (Wildman–Crippen LogP) is 0.861. The maximum atomic E-state index is 10.2. The summed E-state index contributed by atoms with van der Waals surface area (Å²) in [4.78, 5) is 10.2. The van der Waals surface area contributed by atoms with E-state index >= 15 is 0 Å². The van der Waals surface area contributed by atoms with Crippen molar-refractivity contribution in [2.24, 2.45) is 5.10 Å². The largest absolute Gasteiger partial charge is 0.274 e. The number of thioether (sulfide) groups is 1. The Bertz CT molecular complexity index is 125. The summed E-state index contributed by atoms with van der Waals surface area (Å²) >= 11 is 1.76. The van der Waals surface area contributed by atoms with Crippen LogP contribution in [0.2, 0.25) is 0 Å². The number of hydrogen-bond donors (Lipinski definition) is 1. The van der Waals surface area contributed by atoms with Gasteiger partial charge < -0.3 is 0 Å². The number of nitrogens with zero attached hydrogens (tertiary/aromatic N) is 1. The summed E-state index contributed by atoms with van der Waals surface area (Å²) in [6, 6.07) is 0. The van der Waals surface area contributed by atoms with E-state index in [2.05, 4.69) is 17.5 Å². The van der Waals surface area contributed by atoms with Gasteiger partial charge in [-0.15, -0.1) is 0 Å². The third-order valence-corrected chi connectivity index (χ3v) is 1.50. The lowest BCUT2D eigenvalue weighted by molar-refractivity contribution is -0.118. The molecule has 0 aromatic rings. The molecule has 0 aliphatic rings. The van der Waals surface area contributed by atoms with Gasteiger partial charge in [-0.1, -0.05) is 6.92 Å². The Morgan fingerprint density at radius 1 is 1.80 bits per heavy atom. The summed E-state index contributed by atoms with van der Waals surface area (Å²) in [5.41, 5.74) is 2.32. The van der Waals surface area contributed by atoms with Crippen molar-refractivity contribution >= 4 is 23.9 Å². The lowest BCUT2D eigenvalue weighted by atomic mass is 10.8. The third kappa shape index (κ3) is 7.49. The first-order valence-corrected chi connectivity index (χ1v) is 4.28. The zero-order chi connectivity index (χ0) is 7.82. The standard InChI is InChI=1S/C6H12N2OS/c1-3-10-5-4-7-8-6(2)9/h4H,3,5H2,1-2H3,(H,8,9)/b7-4+. The molecule has 0 unspecified atom stereocenters. The summed E-state index contributed by atoms with van der Waals surface area (Å²) < 4.78 is 0. The van der Waals surface area contributed by atoms with Crippen LogP contribution in [0.5, 0.6) is 0 Å². The van der Waals surface area contributed by atoms with Gasteiger partial charge in [0.1, 0.15) is 0 Å². The van der Waals surface area contributed by atoms with E-state index in [-0.39, 0.29) is 5.91 Å². The van der Waals surface area contributed by atoms with Gasteiger partial charge >= 0.3 is 0 Å². The average Bonchev–Trinajstić information content (AvgIpc) is 1.87. The molecule has 0 fully saturated rings. The quantitative estimate of drug-likeness (QED) is 0.376. The van der Waals surface area contributed by atoms with Crippen molar-refractivity contribution in [3.05, 3.63) is 0 Å². The Morgan fingerprint density at radius 3 is 3.00 bits per heavy atom. The van der Waals surface area contributed by atoms with Crippen LogP contribution in [0.3, 0.4) is 0 Å². The van der Waals surface area contributed by atoms with Gasteiger partial charge in [-0.3, -0.25) is 4.79 Å². The Labute approximate surface area is 65.3 Å². The number of carbonyl (C=O) groups is 1. The van der Waals surface area contributed by atoms with E-state index in [1.54, 1.807) is 18.0 Å². The number of hydrogen-bond acceptors (Lipinski definition) is 3. The monoisotopic (exact) mass is 160 g/mol. The molecule has 0 heterocycles. The van der Waals surface area contributed by atoms with Gasteiger partial charge in [0.15, 0.2) is 0 Å². The van der Waals surface area contributed by atoms with Gasteiger partial charge in [0.25, 0.3) is 0 Å². The molecular formula is C6H12N2OS. The van der Waals surface area contributed by atoms with Crippen LogP contribution in [0.25, 0.3) is 0 Å². The fourth-order valence-corrected chi connectivity index (χ4v) is 0.760. The fraction of sp³-hybridized carbons (Fsp3) is 0.667. The van der Waals surface area contributed by atoms with Crippen molar-refractivity contribution < 1.29 is 4.79 Å². The average molecular weight is 160 g/mol. The summed E-state index contributed by atoms with van der Waals surface area (Å²) in [5.74, 6) is 1.81. The Kier molecular flexibility index (Phi) is 6.27. The topological polar surface area (TPSA) is 41.5 Å². The van der Waals surface area contributed by atoms with Crippen LogP contribution in [0, 0.1) is 0 Å². The highest BCUT2D eigenvalue weighted by Gasteiger charge is 1.82. The molecular weight excluding hydrogens is 148 g/mol. The molecule has 10 heavy (non-hydrogen) atoms. The molecule has 3 nitrogen and oxygen atoms in total. The van der Waals surface area contributed by atoms with E-state index in [0.717, 1.165) is 11.5 Å². The van der Waals surface area contributed by atoms with Gasteiger partial charge in [0.2, 0.25) is 5.91 Å². The third-order valence-electron chi connectivity index (χ3n) is 0.710. The molecule has 58 valence electrons. The number of rotatable bonds is 4. The summed E-state index contributed by atoms with van der Waals surface area (Å²) in [6.45, 7) is 3.52. The predicted molar refractivity (Wildman–Crippen MR) is 45.3 cm³/mol. The number of nitrogens with one attached hydrogen (secondary N) is 1. The zero-order valence-electron chi connectivity index (χ0n) is 6.26. The normalized spacial score (nSPS) is 10.2. The summed E-state index contributed by atoms with van der Waals surface area (Å²) in [7, 11) is 0. The minimum absolute atomic E-state index is 0.127. The van der Waals surface area contributed by atoms with Crippen molar-refractivity contribution in [3.63, 3.8) is 0 Å². The maximum Gasteiger partial charge on any atom is 0.236 e.